The zero-order valence-corrected chi connectivity index (χ0v) is 23.4. The average molecular weight is 621 g/mol. The van der Waals surface area contributed by atoms with Crippen LogP contribution in [0.1, 0.15) is 28.4 Å². The topological polar surface area (TPSA) is 72.9 Å². The smallest absolute Gasteiger partial charge is 0.293 e. The standard InChI is InChI=1S/C27H20BrCl2NO5S/c1-2-35-23-12-16(11-20(28)25(23)36-15-18-5-3-4-6-21(18)30)13-24-26(33)31(27(34)37-24)14-22(32)17-7-9-19(29)10-8-17/h3-13H,2,14-15H2,1H3/b24-13+. The van der Waals surface area contributed by atoms with Crippen molar-refractivity contribution in [2.24, 2.45) is 0 Å². The molecule has 37 heavy (non-hydrogen) atoms. The molecule has 0 unspecified atom stereocenters. The number of hydrogen-bond donors (Lipinski definition) is 0. The minimum atomic E-state index is -0.537. The van der Waals surface area contributed by atoms with Gasteiger partial charge in [0.05, 0.1) is 22.5 Å². The van der Waals surface area contributed by atoms with Crippen LogP contribution in [0.2, 0.25) is 10.0 Å². The first-order valence-electron chi connectivity index (χ1n) is 11.1. The summed E-state index contributed by atoms with van der Waals surface area (Å²) < 4.78 is 12.4. The number of Topliss-reactive ketones (excluding diaryl/α,β-unsaturated/α-hetero) is 1. The fourth-order valence-electron chi connectivity index (χ4n) is 3.50. The summed E-state index contributed by atoms with van der Waals surface area (Å²) >= 11 is 16.4. The SMILES string of the molecule is CCOc1cc(/C=C2/SC(=O)N(CC(=O)c3ccc(Cl)cc3)C2=O)cc(Br)c1OCc1ccccc1Cl. The van der Waals surface area contributed by atoms with E-state index >= 15 is 0 Å². The zero-order chi connectivity index (χ0) is 26.5. The van der Waals surface area contributed by atoms with Crippen LogP contribution in [0.4, 0.5) is 4.79 Å². The van der Waals surface area contributed by atoms with Crippen molar-refractivity contribution < 1.29 is 23.9 Å². The number of imide groups is 1. The summed E-state index contributed by atoms with van der Waals surface area (Å²) in [5.41, 5.74) is 1.81. The first-order valence-corrected chi connectivity index (χ1v) is 13.5. The van der Waals surface area contributed by atoms with Crippen LogP contribution >= 0.6 is 50.9 Å². The lowest BCUT2D eigenvalue weighted by atomic mass is 10.1. The minimum Gasteiger partial charge on any atom is -0.490 e. The lowest BCUT2D eigenvalue weighted by Gasteiger charge is -2.15. The van der Waals surface area contributed by atoms with Crippen LogP contribution in [-0.4, -0.2) is 35.0 Å². The van der Waals surface area contributed by atoms with Gasteiger partial charge < -0.3 is 9.47 Å². The molecule has 3 aromatic rings. The molecule has 1 aliphatic heterocycles. The van der Waals surface area contributed by atoms with Gasteiger partial charge in [0, 0.05) is 21.2 Å². The number of amides is 2. The summed E-state index contributed by atoms with van der Waals surface area (Å²) in [5, 5.41) is 0.573. The molecule has 1 aliphatic rings. The van der Waals surface area contributed by atoms with Crippen molar-refractivity contribution in [3.8, 4) is 11.5 Å². The molecule has 0 atom stereocenters. The third-order valence-corrected chi connectivity index (χ3v) is 7.42. The molecule has 0 aromatic heterocycles. The normalized spacial score (nSPS) is 14.4. The first-order chi connectivity index (χ1) is 17.8. The van der Waals surface area contributed by atoms with E-state index in [1.807, 2.05) is 25.1 Å². The monoisotopic (exact) mass is 619 g/mol. The van der Waals surface area contributed by atoms with Crippen LogP contribution in [0.25, 0.3) is 6.08 Å². The summed E-state index contributed by atoms with van der Waals surface area (Å²) in [6, 6.07) is 17.1. The van der Waals surface area contributed by atoms with Crippen molar-refractivity contribution in [1.82, 2.24) is 4.90 Å². The Morgan fingerprint density at radius 3 is 2.49 bits per heavy atom. The fourth-order valence-corrected chi connectivity index (χ4v) is 5.23. The maximum Gasteiger partial charge on any atom is 0.293 e. The molecule has 0 radical (unpaired) electrons. The Hall–Kier alpha value is -2.78. The summed E-state index contributed by atoms with van der Waals surface area (Å²) in [6.07, 6.45) is 1.59. The van der Waals surface area contributed by atoms with Gasteiger partial charge in [0.15, 0.2) is 17.3 Å². The Morgan fingerprint density at radius 1 is 1.05 bits per heavy atom. The summed E-state index contributed by atoms with van der Waals surface area (Å²) in [5.74, 6) is 0.0555. The number of benzene rings is 3. The molecule has 3 aromatic carbocycles. The first kappa shape index (κ1) is 27.3. The highest BCUT2D eigenvalue weighted by molar-refractivity contribution is 9.10. The predicted molar refractivity (Wildman–Crippen MR) is 150 cm³/mol. The highest BCUT2D eigenvalue weighted by Crippen LogP contribution is 2.40. The van der Waals surface area contributed by atoms with E-state index in [1.165, 1.54) is 0 Å². The quantitative estimate of drug-likeness (QED) is 0.181. The fraction of sp³-hybridized carbons (Fsp3) is 0.148. The van der Waals surface area contributed by atoms with Crippen LogP contribution in [0.5, 0.6) is 11.5 Å². The molecular weight excluding hydrogens is 601 g/mol. The second-order valence-corrected chi connectivity index (χ2v) is 10.5. The molecule has 10 heteroatoms. The number of carbonyl (C=O) groups excluding carboxylic acids is 3. The number of rotatable bonds is 9. The van der Waals surface area contributed by atoms with E-state index in [4.69, 9.17) is 32.7 Å². The van der Waals surface area contributed by atoms with Gasteiger partial charge in [0.2, 0.25) is 0 Å². The molecule has 2 amide bonds. The molecule has 1 saturated heterocycles. The molecule has 0 bridgehead atoms. The van der Waals surface area contributed by atoms with E-state index < -0.39 is 11.1 Å². The second kappa shape index (κ2) is 12.2. The molecule has 1 heterocycles. The molecule has 0 N–H and O–H groups in total. The molecule has 0 spiro atoms. The third-order valence-electron chi connectivity index (χ3n) is 5.30. The number of hydrogen-bond acceptors (Lipinski definition) is 6. The molecule has 6 nitrogen and oxygen atoms in total. The van der Waals surface area contributed by atoms with E-state index in [0.717, 1.165) is 22.2 Å². The Balaban J connectivity index is 1.53. The summed E-state index contributed by atoms with van der Waals surface area (Å²) in [4.78, 5) is 39.2. The molecule has 1 fully saturated rings. The highest BCUT2D eigenvalue weighted by atomic mass is 79.9. The van der Waals surface area contributed by atoms with Gasteiger partial charge in [-0.3, -0.25) is 19.3 Å². The molecule has 0 saturated carbocycles. The number of ketones is 1. The minimum absolute atomic E-state index is 0.202. The van der Waals surface area contributed by atoms with Crippen molar-refractivity contribution >= 4 is 73.9 Å². The van der Waals surface area contributed by atoms with Crippen LogP contribution in [0.3, 0.4) is 0 Å². The predicted octanol–water partition coefficient (Wildman–Crippen LogP) is 7.65. The number of ether oxygens (including phenoxy) is 2. The number of thioether (sulfide) groups is 1. The Kier molecular flexibility index (Phi) is 8.97. The lowest BCUT2D eigenvalue weighted by molar-refractivity contribution is -0.122. The molecular formula is C27H20BrCl2NO5S. The largest absolute Gasteiger partial charge is 0.490 e. The lowest BCUT2D eigenvalue weighted by Crippen LogP contribution is -2.33. The maximum absolute atomic E-state index is 13.0. The van der Waals surface area contributed by atoms with Crippen LogP contribution < -0.4 is 9.47 Å². The van der Waals surface area contributed by atoms with E-state index in [0.29, 0.717) is 43.8 Å². The number of carbonyl (C=O) groups is 3. The Bertz CT molecular complexity index is 1390. The summed E-state index contributed by atoms with van der Waals surface area (Å²) in [6.45, 7) is 2.12. The van der Waals surface area contributed by atoms with Gasteiger partial charge in [-0.2, -0.15) is 0 Å². The maximum atomic E-state index is 13.0. The van der Waals surface area contributed by atoms with E-state index in [-0.39, 0.29) is 23.8 Å². The van der Waals surface area contributed by atoms with Crippen molar-refractivity contribution in [3.05, 3.63) is 96.8 Å². The Labute approximate surface area is 236 Å². The van der Waals surface area contributed by atoms with Gasteiger partial charge in [-0.05, 0) is 88.7 Å². The van der Waals surface area contributed by atoms with Crippen molar-refractivity contribution in [3.63, 3.8) is 0 Å². The van der Waals surface area contributed by atoms with Gasteiger partial charge in [0.1, 0.15) is 6.61 Å². The number of halogens is 3. The van der Waals surface area contributed by atoms with E-state index in [9.17, 15) is 14.4 Å². The van der Waals surface area contributed by atoms with Gasteiger partial charge >= 0.3 is 0 Å². The second-order valence-electron chi connectivity index (χ2n) is 7.84. The molecule has 4 rings (SSSR count). The third kappa shape index (κ3) is 6.57. The van der Waals surface area contributed by atoms with Crippen LogP contribution in [-0.2, 0) is 11.4 Å². The highest BCUT2D eigenvalue weighted by Gasteiger charge is 2.36. The van der Waals surface area contributed by atoms with Gasteiger partial charge in [0.25, 0.3) is 11.1 Å². The van der Waals surface area contributed by atoms with Crippen LogP contribution in [0.15, 0.2) is 70.0 Å². The van der Waals surface area contributed by atoms with Crippen molar-refractivity contribution in [2.75, 3.05) is 13.2 Å². The molecule has 0 aliphatic carbocycles. The average Bonchev–Trinajstić information content (AvgIpc) is 3.12. The zero-order valence-electron chi connectivity index (χ0n) is 19.5. The van der Waals surface area contributed by atoms with Gasteiger partial charge in [-0.25, -0.2) is 0 Å². The molecule has 190 valence electrons. The number of nitrogens with zero attached hydrogens (tertiary/aromatic N) is 1. The van der Waals surface area contributed by atoms with E-state index in [2.05, 4.69) is 15.9 Å². The van der Waals surface area contributed by atoms with E-state index in [1.54, 1.807) is 48.5 Å². The van der Waals surface area contributed by atoms with Gasteiger partial charge in [-0.15, -0.1) is 0 Å². The van der Waals surface area contributed by atoms with Gasteiger partial charge in [-0.1, -0.05) is 41.4 Å². The van der Waals surface area contributed by atoms with Crippen molar-refractivity contribution in [1.29, 1.82) is 0 Å². The van der Waals surface area contributed by atoms with Crippen LogP contribution in [0, 0.1) is 0 Å². The Morgan fingerprint density at radius 2 is 1.78 bits per heavy atom. The summed E-state index contributed by atoms with van der Waals surface area (Å²) in [7, 11) is 0. The van der Waals surface area contributed by atoms with Crippen molar-refractivity contribution in [2.45, 2.75) is 13.5 Å².